The second kappa shape index (κ2) is 40.1. The van der Waals surface area contributed by atoms with Crippen LogP contribution >= 0.6 is 69.6 Å². The maximum Gasteiger partial charge on any atom is 0.276 e. The number of nitriles is 3. The predicted molar refractivity (Wildman–Crippen MR) is 516 cm³/mol. The fourth-order valence-corrected chi connectivity index (χ4v) is 18.9. The van der Waals surface area contributed by atoms with Crippen LogP contribution in [0.1, 0.15) is 131 Å². The Morgan fingerprint density at radius 1 is 0.399 bits per heavy atom. The molecule has 3 aliphatic rings. The molecule has 0 saturated carbocycles. The minimum Gasteiger partial charge on any atom is -0.396 e. The first kappa shape index (κ1) is 102. The molecule has 15 rings (SSSR count). The smallest absolute Gasteiger partial charge is 0.276 e. The van der Waals surface area contributed by atoms with Gasteiger partial charge < -0.3 is 46.6 Å². The molecular formula is C96H84Cl6F9N21O6. The van der Waals surface area contributed by atoms with E-state index in [1.54, 1.807) is 87.0 Å². The standard InChI is InChI=1S/3C32H28Cl2F3N7O2/c2*1-6-20(45)43-10-9-42(13-16(43)5)30-17-11-19(33)28(21-23(35)22(34)24(36)25(37)26(21)39)41-31(17)44(32(46)18(30)12-38)29-15(4)7-8-40-27(29)14(2)3;1-6-20(45)43-10-9-42(13-16(43)5)30-17-11-19(33)28(21-22(34)23(35)24(36)25(37)26(21)39)41-31(17)44(32(46)18(30)12-38)29-15(4)7-8-40-27(29)14(2)3/h3*6-8,11,14,16H,1,9-10,13,39H2,2-5H3/t3*16-/m111/s1. The molecule has 0 radical (unpaired) electrons. The molecule has 42 heteroatoms. The van der Waals surface area contributed by atoms with Crippen LogP contribution in [0.4, 0.5) is 73.6 Å². The third kappa shape index (κ3) is 17.6. The molecule has 3 aliphatic heterocycles. The zero-order valence-electron chi connectivity index (χ0n) is 75.8. The van der Waals surface area contributed by atoms with Gasteiger partial charge >= 0.3 is 0 Å². The Morgan fingerprint density at radius 3 is 0.906 bits per heavy atom. The number of carbonyl (C=O) groups is 3. The fraction of sp³-hybridized carbons (Fsp3) is 0.281. The van der Waals surface area contributed by atoms with Gasteiger partial charge in [0.2, 0.25) is 17.7 Å². The zero-order valence-corrected chi connectivity index (χ0v) is 80.3. The average molecular weight is 2010 g/mol. The number of anilines is 6. The minimum absolute atomic E-state index is 0.0470. The molecule has 3 aromatic carbocycles. The van der Waals surface area contributed by atoms with Crippen molar-refractivity contribution in [2.45, 2.75) is 119 Å². The molecule has 12 heterocycles. The average Bonchev–Trinajstić information content (AvgIpc) is 0.726. The number of carbonyl (C=O) groups excluding carboxylic acids is 3. The lowest BCUT2D eigenvalue weighted by molar-refractivity contribution is -0.129. The number of amides is 3. The molecule has 138 heavy (non-hydrogen) atoms. The number of nitrogen functional groups attached to an aromatic ring is 3. The second-order valence-corrected chi connectivity index (χ2v) is 36.1. The van der Waals surface area contributed by atoms with Crippen LogP contribution in [0, 0.1) is 107 Å². The number of pyridine rings is 9. The highest BCUT2D eigenvalue weighted by molar-refractivity contribution is 6.38. The largest absolute Gasteiger partial charge is 0.396 e. The third-order valence-corrected chi connectivity index (χ3v) is 26.0. The van der Waals surface area contributed by atoms with Crippen LogP contribution in [-0.4, -0.2) is 153 Å². The summed E-state index contributed by atoms with van der Waals surface area (Å²) in [6.45, 7) is 34.8. The Labute approximate surface area is 813 Å². The van der Waals surface area contributed by atoms with Gasteiger partial charge in [-0.05, 0) is 131 Å². The number of benzene rings is 3. The minimum atomic E-state index is -1.86. The van der Waals surface area contributed by atoms with Gasteiger partial charge in [-0.25, -0.2) is 54.5 Å². The van der Waals surface area contributed by atoms with Crippen molar-refractivity contribution >= 4 is 155 Å². The van der Waals surface area contributed by atoms with Gasteiger partial charge in [-0.15, -0.1) is 0 Å². The monoisotopic (exact) mass is 2010 g/mol. The van der Waals surface area contributed by atoms with E-state index in [-0.39, 0.29) is 200 Å². The maximum atomic E-state index is 15.5. The summed E-state index contributed by atoms with van der Waals surface area (Å²) in [7, 11) is 0. The van der Waals surface area contributed by atoms with Crippen molar-refractivity contribution in [2.75, 3.05) is 90.8 Å². The topological polar surface area (TPSA) is 363 Å². The molecule has 3 amide bonds. The number of piperazine rings is 3. The number of fused-ring (bicyclic) bond motifs is 3. The van der Waals surface area contributed by atoms with Crippen LogP contribution < -0.4 is 48.6 Å². The van der Waals surface area contributed by atoms with Crippen LogP contribution in [0.5, 0.6) is 0 Å². The highest BCUT2D eigenvalue weighted by atomic mass is 35.5. The van der Waals surface area contributed by atoms with E-state index in [9.17, 15) is 75.3 Å². The summed E-state index contributed by atoms with van der Waals surface area (Å²) in [5.74, 6) is -15.9. The number of hydrogen-bond acceptors (Lipinski definition) is 21. The molecule has 6 N–H and O–H groups in total. The van der Waals surface area contributed by atoms with Crippen molar-refractivity contribution in [1.82, 2.24) is 58.3 Å². The number of aryl methyl sites for hydroxylation is 3. The van der Waals surface area contributed by atoms with Gasteiger partial charge in [0.05, 0.1) is 117 Å². The highest BCUT2D eigenvalue weighted by Gasteiger charge is 2.40. The maximum absolute atomic E-state index is 15.5. The fourth-order valence-electron chi connectivity index (χ4n) is 17.6. The molecule has 12 aromatic rings. The molecule has 714 valence electrons. The second-order valence-electron chi connectivity index (χ2n) is 33.8. The molecular weight excluding hydrogens is 1930 g/mol. The molecule has 27 nitrogen and oxygen atoms in total. The van der Waals surface area contributed by atoms with Crippen LogP contribution in [0.2, 0.25) is 30.1 Å². The SMILES string of the molecule is C=CC(=O)N1CCN(c2c(C#N)c(=O)n(-c3c(C)ccnc3C(C)C)c3nc(-c4c(N)c(F)c(F)c(Cl)c4F)c(Cl)cc23)C[C@H]1C.C=CC(=O)N1CCN(c2c(C#N)c(=O)n(-c3c(C)ccnc3C(C)C)c3nc(-c4c(N)c(F)c(F)c(Cl)c4F)c(Cl)cc23)C[C@H]1C.C=CC(=O)N1CCN(c2c(C#N)c(=O)n(-c3c(C)ccnc3C(C)C)c3nc(-c4c(N)c(F)c(F)c(F)c4Cl)c(Cl)cc23)C[C@H]1C. The third-order valence-electron chi connectivity index (χ3n) is 24.2. The lowest BCUT2D eigenvalue weighted by Gasteiger charge is -2.41. The van der Waals surface area contributed by atoms with Crippen molar-refractivity contribution in [3.63, 3.8) is 0 Å². The van der Waals surface area contributed by atoms with E-state index in [1.165, 1.54) is 50.1 Å². The number of rotatable bonds is 15. The molecule has 0 bridgehead atoms. The first-order chi connectivity index (χ1) is 65.2. The van der Waals surface area contributed by atoms with Crippen LogP contribution in [0.3, 0.4) is 0 Å². The lowest BCUT2D eigenvalue weighted by Crippen LogP contribution is -2.54. The van der Waals surface area contributed by atoms with Gasteiger partial charge in [-0.3, -0.25) is 57.4 Å². The van der Waals surface area contributed by atoms with E-state index < -0.39 is 129 Å². The molecule has 3 saturated heterocycles. The summed E-state index contributed by atoms with van der Waals surface area (Å²) in [6, 6.07) is 14.3. The van der Waals surface area contributed by atoms with Gasteiger partial charge in [-0.2, -0.15) is 15.8 Å². The zero-order chi connectivity index (χ0) is 101. The van der Waals surface area contributed by atoms with Crippen LogP contribution in [0.15, 0.2) is 107 Å². The predicted octanol–water partition coefficient (Wildman–Crippen LogP) is 18.8. The van der Waals surface area contributed by atoms with Crippen LogP contribution in [0.25, 0.3) is 83.9 Å². The van der Waals surface area contributed by atoms with E-state index >= 15 is 8.78 Å². The molecule has 0 aliphatic carbocycles. The molecule has 0 unspecified atom stereocenters. The summed E-state index contributed by atoms with van der Waals surface area (Å²) in [6.07, 6.45) is 8.41. The number of nitrogens with zero attached hydrogens (tertiary/aromatic N) is 18. The van der Waals surface area contributed by atoms with Crippen molar-refractivity contribution in [3.05, 3.63) is 257 Å². The normalized spacial score (nSPS) is 15.0. The lowest BCUT2D eigenvalue weighted by atomic mass is 10.0. The first-order valence-electron chi connectivity index (χ1n) is 42.6. The Kier molecular flexibility index (Phi) is 29.5. The summed E-state index contributed by atoms with van der Waals surface area (Å²) in [5, 5.41) is 28.1. The van der Waals surface area contributed by atoms with Gasteiger partial charge in [0.15, 0.2) is 52.4 Å². The van der Waals surface area contributed by atoms with Crippen molar-refractivity contribution in [2.24, 2.45) is 0 Å². The molecule has 3 fully saturated rings. The van der Waals surface area contributed by atoms with Gasteiger partial charge in [-0.1, -0.05) is 131 Å². The summed E-state index contributed by atoms with van der Waals surface area (Å²) >= 11 is 37.8. The summed E-state index contributed by atoms with van der Waals surface area (Å²) < 4.78 is 136. The van der Waals surface area contributed by atoms with E-state index in [4.69, 9.17) is 86.8 Å². The van der Waals surface area contributed by atoms with Crippen molar-refractivity contribution in [1.29, 1.82) is 15.8 Å². The summed E-state index contributed by atoms with van der Waals surface area (Å²) in [4.78, 5) is 118. The number of halogens is 15. The van der Waals surface area contributed by atoms with Crippen molar-refractivity contribution < 1.29 is 53.9 Å². The summed E-state index contributed by atoms with van der Waals surface area (Å²) in [5.41, 5.74) is 13.7. The Bertz CT molecular complexity index is 6790. The molecule has 3 atom stereocenters. The Balaban J connectivity index is 0.000000175. The van der Waals surface area contributed by atoms with E-state index in [0.717, 1.165) is 0 Å². The number of aromatic nitrogens is 9. The molecule has 0 spiro atoms. The quantitative estimate of drug-likeness (QED) is 0.0282. The Morgan fingerprint density at radius 2 is 0.652 bits per heavy atom. The van der Waals surface area contributed by atoms with E-state index in [1.807, 2.05) is 74.5 Å². The number of nitrogens with two attached hydrogens (primary N) is 3. The molecule has 9 aromatic heterocycles. The first-order valence-corrected chi connectivity index (χ1v) is 44.9. The van der Waals surface area contributed by atoms with E-state index in [0.29, 0.717) is 50.8 Å². The van der Waals surface area contributed by atoms with E-state index in [2.05, 4.69) is 55.7 Å². The van der Waals surface area contributed by atoms with Crippen molar-refractivity contribution in [3.8, 4) is 69.0 Å². The van der Waals surface area contributed by atoms with Gasteiger partial charge in [0.1, 0.15) is 61.9 Å². The van der Waals surface area contributed by atoms with Gasteiger partial charge in [0.25, 0.3) is 16.7 Å². The number of hydrogen-bond donors (Lipinski definition) is 3. The van der Waals surface area contributed by atoms with Gasteiger partial charge in [0, 0.05) is 117 Å². The highest BCUT2D eigenvalue weighted by Crippen LogP contribution is 2.49. The Hall–Kier alpha value is -13.8. The van der Waals surface area contributed by atoms with Crippen LogP contribution in [-0.2, 0) is 14.4 Å².